The van der Waals surface area contributed by atoms with Gasteiger partial charge >= 0.3 is 0 Å². The predicted molar refractivity (Wildman–Crippen MR) is 78.6 cm³/mol. The summed E-state index contributed by atoms with van der Waals surface area (Å²) in [5, 5.41) is 9.28. The Balaban J connectivity index is 3.27. The lowest BCUT2D eigenvalue weighted by atomic mass is 9.95. The summed E-state index contributed by atoms with van der Waals surface area (Å²) in [5.41, 5.74) is 0.688. The Labute approximate surface area is 120 Å². The Morgan fingerprint density at radius 3 is 2.42 bits per heavy atom. The molecule has 1 heterocycles. The van der Waals surface area contributed by atoms with Crippen LogP contribution in [0.5, 0.6) is 0 Å². The molecular weight excluding hydrogens is 260 g/mol. The molecular formula is C14H21ClN4. The molecule has 104 valence electrons. The minimum absolute atomic E-state index is 0.0856. The number of rotatable bonds is 3. The van der Waals surface area contributed by atoms with Crippen LogP contribution >= 0.6 is 11.6 Å². The maximum Gasteiger partial charge on any atom is 0.137 e. The summed E-state index contributed by atoms with van der Waals surface area (Å²) >= 11 is 6.21. The molecule has 1 aromatic heterocycles. The second-order valence-electron chi connectivity index (χ2n) is 5.86. The van der Waals surface area contributed by atoms with Crippen molar-refractivity contribution in [2.45, 2.75) is 52.5 Å². The van der Waals surface area contributed by atoms with E-state index in [2.05, 4.69) is 36.8 Å². The summed E-state index contributed by atoms with van der Waals surface area (Å²) in [6.45, 7) is 10.1. The standard InChI is InChI=1S/C14H21ClN4/c1-9(7-8-16)19(6)12-10(2)11(15)17-13(18-12)14(3,4)5/h9H,7H2,1-6H3. The van der Waals surface area contributed by atoms with Gasteiger partial charge in [-0.3, -0.25) is 0 Å². The van der Waals surface area contributed by atoms with E-state index in [1.165, 1.54) is 0 Å². The van der Waals surface area contributed by atoms with Gasteiger partial charge in [0.15, 0.2) is 0 Å². The maximum absolute atomic E-state index is 8.80. The maximum atomic E-state index is 8.80. The zero-order valence-electron chi connectivity index (χ0n) is 12.5. The third-order valence-electron chi connectivity index (χ3n) is 3.11. The van der Waals surface area contributed by atoms with Gasteiger partial charge in [-0.25, -0.2) is 9.97 Å². The van der Waals surface area contributed by atoms with Gasteiger partial charge in [-0.15, -0.1) is 0 Å². The average molecular weight is 281 g/mol. The predicted octanol–water partition coefficient (Wildman–Crippen LogP) is 3.47. The summed E-state index contributed by atoms with van der Waals surface area (Å²) in [7, 11) is 1.93. The van der Waals surface area contributed by atoms with E-state index in [9.17, 15) is 0 Å². The van der Waals surface area contributed by atoms with Crippen molar-refractivity contribution in [3.8, 4) is 6.07 Å². The molecule has 0 fully saturated rings. The van der Waals surface area contributed by atoms with Crippen molar-refractivity contribution in [3.05, 3.63) is 16.5 Å². The largest absolute Gasteiger partial charge is 0.356 e. The van der Waals surface area contributed by atoms with E-state index in [0.29, 0.717) is 17.4 Å². The quantitative estimate of drug-likeness (QED) is 0.796. The number of hydrogen-bond donors (Lipinski definition) is 0. The first-order valence-electron chi connectivity index (χ1n) is 6.33. The van der Waals surface area contributed by atoms with Crippen molar-refractivity contribution in [1.29, 1.82) is 5.26 Å². The van der Waals surface area contributed by atoms with Crippen LogP contribution < -0.4 is 4.90 Å². The fraction of sp³-hybridized carbons (Fsp3) is 0.643. The zero-order chi connectivity index (χ0) is 14.8. The molecule has 0 radical (unpaired) electrons. The normalized spacial score (nSPS) is 12.9. The third kappa shape index (κ3) is 3.57. The Kier molecular flexibility index (Phi) is 4.75. The van der Waals surface area contributed by atoms with Crippen molar-refractivity contribution in [3.63, 3.8) is 0 Å². The van der Waals surface area contributed by atoms with Gasteiger partial charge in [-0.1, -0.05) is 32.4 Å². The Bertz CT molecular complexity index is 499. The van der Waals surface area contributed by atoms with Gasteiger partial charge in [0.1, 0.15) is 16.8 Å². The number of halogens is 1. The van der Waals surface area contributed by atoms with Crippen molar-refractivity contribution in [2.24, 2.45) is 0 Å². The fourth-order valence-corrected chi connectivity index (χ4v) is 1.80. The van der Waals surface area contributed by atoms with E-state index in [-0.39, 0.29) is 11.5 Å². The summed E-state index contributed by atoms with van der Waals surface area (Å²) in [4.78, 5) is 11.0. The molecule has 5 heteroatoms. The molecule has 0 spiro atoms. The third-order valence-corrected chi connectivity index (χ3v) is 3.48. The topological polar surface area (TPSA) is 52.8 Å². The first-order chi connectivity index (χ1) is 8.68. The second-order valence-corrected chi connectivity index (χ2v) is 6.22. The van der Waals surface area contributed by atoms with E-state index in [0.717, 1.165) is 11.4 Å². The number of nitrogens with zero attached hydrogens (tertiary/aromatic N) is 4. The Morgan fingerprint density at radius 1 is 1.37 bits per heavy atom. The van der Waals surface area contributed by atoms with Gasteiger partial charge < -0.3 is 4.90 Å². The highest BCUT2D eigenvalue weighted by atomic mass is 35.5. The smallest absolute Gasteiger partial charge is 0.137 e. The molecule has 1 aromatic rings. The number of nitriles is 1. The molecule has 0 amide bonds. The van der Waals surface area contributed by atoms with Crippen LogP contribution in [0.25, 0.3) is 0 Å². The lowest BCUT2D eigenvalue weighted by molar-refractivity contribution is 0.542. The molecule has 4 nitrogen and oxygen atoms in total. The number of aromatic nitrogens is 2. The highest BCUT2D eigenvalue weighted by molar-refractivity contribution is 6.30. The molecule has 0 bridgehead atoms. The summed E-state index contributed by atoms with van der Waals surface area (Å²) in [5.74, 6) is 1.52. The molecule has 0 saturated carbocycles. The van der Waals surface area contributed by atoms with E-state index in [1.54, 1.807) is 0 Å². The van der Waals surface area contributed by atoms with Crippen LogP contribution in [0.15, 0.2) is 0 Å². The van der Waals surface area contributed by atoms with Crippen LogP contribution in [0.3, 0.4) is 0 Å². The summed E-state index contributed by atoms with van der Waals surface area (Å²) < 4.78 is 0. The molecule has 0 N–H and O–H groups in total. The second kappa shape index (κ2) is 5.75. The highest BCUT2D eigenvalue weighted by Crippen LogP contribution is 2.28. The fourth-order valence-electron chi connectivity index (χ4n) is 1.63. The highest BCUT2D eigenvalue weighted by Gasteiger charge is 2.23. The first kappa shape index (κ1) is 15.7. The SMILES string of the molecule is Cc1c(Cl)nc(C(C)(C)C)nc1N(C)C(C)CC#N. The zero-order valence-corrected chi connectivity index (χ0v) is 13.2. The molecule has 1 rings (SSSR count). The molecule has 1 atom stereocenters. The monoisotopic (exact) mass is 280 g/mol. The average Bonchev–Trinajstić information content (AvgIpc) is 2.30. The van der Waals surface area contributed by atoms with Gasteiger partial charge in [0.25, 0.3) is 0 Å². The van der Waals surface area contributed by atoms with Crippen molar-refractivity contribution in [2.75, 3.05) is 11.9 Å². The van der Waals surface area contributed by atoms with Crippen LogP contribution in [-0.2, 0) is 5.41 Å². The van der Waals surface area contributed by atoms with Crippen molar-refractivity contribution < 1.29 is 0 Å². The van der Waals surface area contributed by atoms with Crippen LogP contribution in [0.1, 0.15) is 45.5 Å². The molecule has 0 aliphatic heterocycles. The molecule has 0 saturated heterocycles. The number of hydrogen-bond acceptors (Lipinski definition) is 4. The van der Waals surface area contributed by atoms with Crippen molar-refractivity contribution in [1.82, 2.24) is 9.97 Å². The van der Waals surface area contributed by atoms with Crippen LogP contribution in [-0.4, -0.2) is 23.1 Å². The van der Waals surface area contributed by atoms with Gasteiger partial charge in [-0.05, 0) is 13.8 Å². The number of anilines is 1. The molecule has 0 aromatic carbocycles. The van der Waals surface area contributed by atoms with Crippen LogP contribution in [0.4, 0.5) is 5.82 Å². The van der Waals surface area contributed by atoms with Gasteiger partial charge in [0.05, 0.1) is 12.5 Å². The van der Waals surface area contributed by atoms with Gasteiger partial charge in [0.2, 0.25) is 0 Å². The van der Waals surface area contributed by atoms with Gasteiger partial charge in [-0.2, -0.15) is 5.26 Å². The van der Waals surface area contributed by atoms with E-state index in [1.807, 2.05) is 25.8 Å². The van der Waals surface area contributed by atoms with E-state index >= 15 is 0 Å². The van der Waals surface area contributed by atoms with E-state index < -0.39 is 0 Å². The molecule has 1 unspecified atom stereocenters. The summed E-state index contributed by atoms with van der Waals surface area (Å²) in [6, 6.07) is 2.26. The van der Waals surface area contributed by atoms with Crippen LogP contribution in [0, 0.1) is 18.3 Å². The Hall–Kier alpha value is -1.34. The Morgan fingerprint density at radius 2 is 1.95 bits per heavy atom. The van der Waals surface area contributed by atoms with Crippen LogP contribution in [0.2, 0.25) is 5.15 Å². The van der Waals surface area contributed by atoms with Crippen molar-refractivity contribution >= 4 is 17.4 Å². The lowest BCUT2D eigenvalue weighted by Crippen LogP contribution is -2.31. The minimum Gasteiger partial charge on any atom is -0.356 e. The molecule has 0 aliphatic rings. The first-order valence-corrected chi connectivity index (χ1v) is 6.70. The van der Waals surface area contributed by atoms with E-state index in [4.69, 9.17) is 16.9 Å². The minimum atomic E-state index is -0.161. The summed E-state index contributed by atoms with van der Waals surface area (Å²) in [6.07, 6.45) is 0.447. The molecule has 0 aliphatic carbocycles. The van der Waals surface area contributed by atoms with Gasteiger partial charge in [0, 0.05) is 24.1 Å². The molecule has 19 heavy (non-hydrogen) atoms. The lowest BCUT2D eigenvalue weighted by Gasteiger charge is -2.28.